The molecular weight excluding hydrogens is 546 g/mol. The molecule has 2 unspecified atom stereocenters. The molecule has 2 atom stereocenters. The molecule has 4 aromatic rings. The van der Waals surface area contributed by atoms with Gasteiger partial charge in [0.25, 0.3) is 0 Å². The maximum atomic E-state index is 12.9. The zero-order valence-corrected chi connectivity index (χ0v) is 24.2. The largest absolute Gasteiger partial charge is 0.493 e. The van der Waals surface area contributed by atoms with Gasteiger partial charge in [-0.25, -0.2) is 4.98 Å². The molecule has 2 aromatic carbocycles. The van der Waals surface area contributed by atoms with E-state index in [0.717, 1.165) is 32.1 Å². The fourth-order valence-electron chi connectivity index (χ4n) is 4.98. The highest BCUT2D eigenvalue weighted by Gasteiger charge is 2.44. The number of halogens is 1. The fourth-order valence-corrected chi connectivity index (χ4v) is 5.36. The average Bonchev–Trinajstić information content (AvgIpc) is 2.91. The Hall–Kier alpha value is -3.20. The number of aliphatic hydroxyl groups is 1. The summed E-state index contributed by atoms with van der Waals surface area (Å²) in [4.78, 5) is 11.3. The smallest absolute Gasteiger partial charge is 0.217 e. The summed E-state index contributed by atoms with van der Waals surface area (Å²) in [5.74, 6) is 0.906. The molecule has 200 valence electrons. The lowest BCUT2D eigenvalue weighted by molar-refractivity contribution is 0.00280. The zero-order valence-electron chi connectivity index (χ0n) is 22.7. The summed E-state index contributed by atoms with van der Waals surface area (Å²) in [6.07, 6.45) is 3.93. The number of methoxy groups -OCH3 is 3. The highest BCUT2D eigenvalue weighted by molar-refractivity contribution is 9.10. The molecule has 8 heteroatoms. The third-order valence-electron chi connectivity index (χ3n) is 6.81. The maximum absolute atomic E-state index is 12.9. The van der Waals surface area contributed by atoms with E-state index in [9.17, 15) is 5.11 Å². The first kappa shape index (κ1) is 27.8. The van der Waals surface area contributed by atoms with Gasteiger partial charge in [0.1, 0.15) is 5.60 Å². The van der Waals surface area contributed by atoms with Crippen LogP contribution < -0.4 is 14.2 Å². The molecule has 0 aliphatic carbocycles. The van der Waals surface area contributed by atoms with Gasteiger partial charge in [0.05, 0.1) is 32.8 Å². The van der Waals surface area contributed by atoms with E-state index < -0.39 is 11.5 Å². The van der Waals surface area contributed by atoms with Crippen molar-refractivity contribution in [2.75, 3.05) is 42.0 Å². The second-order valence-electron chi connectivity index (χ2n) is 9.67. The Morgan fingerprint density at radius 3 is 2.42 bits per heavy atom. The van der Waals surface area contributed by atoms with E-state index in [2.05, 4.69) is 25.8 Å². The van der Waals surface area contributed by atoms with Gasteiger partial charge in [-0.1, -0.05) is 34.1 Å². The Balaban J connectivity index is 2.11. The lowest BCUT2D eigenvalue weighted by Crippen LogP contribution is -2.38. The number of hydrogen-bond donors (Lipinski definition) is 1. The lowest BCUT2D eigenvalue weighted by atomic mass is 9.71. The molecule has 0 saturated heterocycles. The molecule has 2 heterocycles. The van der Waals surface area contributed by atoms with Crippen molar-refractivity contribution in [1.82, 2.24) is 14.9 Å². The highest BCUT2D eigenvalue weighted by Crippen LogP contribution is 2.51. The molecule has 2 aromatic heterocycles. The number of nitrogens with zero attached hydrogens (tertiary/aromatic N) is 3. The molecule has 0 spiro atoms. The van der Waals surface area contributed by atoms with E-state index >= 15 is 0 Å². The maximum Gasteiger partial charge on any atom is 0.217 e. The Labute approximate surface area is 232 Å². The molecule has 4 rings (SSSR count). The van der Waals surface area contributed by atoms with Crippen LogP contribution in [0.5, 0.6) is 17.4 Å². The van der Waals surface area contributed by atoms with Crippen LogP contribution in [0.15, 0.2) is 65.4 Å². The van der Waals surface area contributed by atoms with Gasteiger partial charge < -0.3 is 24.2 Å². The van der Waals surface area contributed by atoms with E-state index in [1.807, 2.05) is 69.6 Å². The van der Waals surface area contributed by atoms with Gasteiger partial charge >= 0.3 is 0 Å². The topological polar surface area (TPSA) is 76.9 Å². The van der Waals surface area contributed by atoms with Crippen LogP contribution in [0.4, 0.5) is 0 Å². The second kappa shape index (κ2) is 11.7. The molecule has 38 heavy (non-hydrogen) atoms. The number of rotatable bonds is 10. The SMILES string of the molecule is COc1cccc(C(c2cc3cc(Br)ccc3nc2OC)C(O)(CCN(C)C)c2cncc(C)c2)c1OC. The number of benzene rings is 2. The second-order valence-corrected chi connectivity index (χ2v) is 10.6. The van der Waals surface area contributed by atoms with Gasteiger partial charge in [-0.3, -0.25) is 4.98 Å². The van der Waals surface area contributed by atoms with E-state index in [1.54, 1.807) is 33.7 Å². The normalized spacial score (nSPS) is 13.8. The van der Waals surface area contributed by atoms with Crippen molar-refractivity contribution < 1.29 is 19.3 Å². The Morgan fingerprint density at radius 2 is 1.76 bits per heavy atom. The molecular formula is C30H34BrN3O4. The summed E-state index contributed by atoms with van der Waals surface area (Å²) in [6.45, 7) is 2.60. The van der Waals surface area contributed by atoms with E-state index in [0.29, 0.717) is 35.9 Å². The molecule has 0 bridgehead atoms. The average molecular weight is 581 g/mol. The standard InChI is InChI=1S/C30H34BrN3O4/c1-19-14-21(18-32-17-19)30(35,12-13-34(2)3)27(23-8-7-9-26(36-4)28(23)37-5)24-16-20-15-22(31)10-11-25(20)33-29(24)38-6/h7-11,14-18,27,35H,12-13H2,1-6H3. The van der Waals surface area contributed by atoms with Crippen LogP contribution in [0.1, 0.15) is 34.6 Å². The fraction of sp³-hybridized carbons (Fsp3) is 0.333. The number of ether oxygens (including phenoxy) is 3. The van der Waals surface area contributed by atoms with Crippen LogP contribution in [0, 0.1) is 6.92 Å². The van der Waals surface area contributed by atoms with Gasteiger partial charge in [0.2, 0.25) is 5.88 Å². The molecule has 0 fully saturated rings. The molecule has 7 nitrogen and oxygen atoms in total. The van der Waals surface area contributed by atoms with Crippen molar-refractivity contribution in [2.45, 2.75) is 24.9 Å². The Bertz CT molecular complexity index is 1430. The summed E-state index contributed by atoms with van der Waals surface area (Å²) in [7, 11) is 8.80. The summed E-state index contributed by atoms with van der Waals surface area (Å²) in [5.41, 5.74) is 2.52. The van der Waals surface area contributed by atoms with Crippen LogP contribution in [0.2, 0.25) is 0 Å². The molecule has 0 amide bonds. The van der Waals surface area contributed by atoms with Crippen LogP contribution in [0.3, 0.4) is 0 Å². The Morgan fingerprint density at radius 1 is 0.974 bits per heavy atom. The van der Waals surface area contributed by atoms with Crippen molar-refractivity contribution in [3.63, 3.8) is 0 Å². The quantitative estimate of drug-likeness (QED) is 0.258. The number of fused-ring (bicyclic) bond motifs is 1. The number of hydrogen-bond acceptors (Lipinski definition) is 7. The minimum Gasteiger partial charge on any atom is -0.493 e. The molecule has 0 radical (unpaired) electrons. The van der Waals surface area contributed by atoms with E-state index in [4.69, 9.17) is 19.2 Å². The molecule has 0 aliphatic heterocycles. The molecule has 0 aliphatic rings. The van der Waals surface area contributed by atoms with E-state index in [1.165, 1.54) is 0 Å². The number of para-hydroxylation sites is 1. The third-order valence-corrected chi connectivity index (χ3v) is 7.30. The van der Waals surface area contributed by atoms with Crippen molar-refractivity contribution in [3.05, 3.63) is 87.7 Å². The van der Waals surface area contributed by atoms with Crippen molar-refractivity contribution in [3.8, 4) is 17.4 Å². The molecule has 0 saturated carbocycles. The summed E-state index contributed by atoms with van der Waals surface area (Å²) in [5, 5.41) is 13.8. The zero-order chi connectivity index (χ0) is 27.4. The van der Waals surface area contributed by atoms with E-state index in [-0.39, 0.29) is 0 Å². The van der Waals surface area contributed by atoms with Gasteiger partial charge in [0.15, 0.2) is 11.5 Å². The first-order valence-electron chi connectivity index (χ1n) is 12.4. The summed E-state index contributed by atoms with van der Waals surface area (Å²) >= 11 is 3.58. The summed E-state index contributed by atoms with van der Waals surface area (Å²) < 4.78 is 18.4. The van der Waals surface area contributed by atoms with Crippen molar-refractivity contribution in [2.24, 2.45) is 0 Å². The lowest BCUT2D eigenvalue weighted by Gasteiger charge is -2.39. The molecule has 1 N–H and O–H groups in total. The number of pyridine rings is 2. The van der Waals surface area contributed by atoms with Gasteiger partial charge in [-0.2, -0.15) is 0 Å². The monoisotopic (exact) mass is 579 g/mol. The summed E-state index contributed by atoms with van der Waals surface area (Å²) in [6, 6.07) is 15.6. The van der Waals surface area contributed by atoms with Gasteiger partial charge in [-0.15, -0.1) is 0 Å². The minimum absolute atomic E-state index is 0.413. The van der Waals surface area contributed by atoms with Crippen LogP contribution in [-0.4, -0.2) is 61.9 Å². The van der Waals surface area contributed by atoms with Crippen LogP contribution in [0.25, 0.3) is 10.9 Å². The minimum atomic E-state index is -1.41. The van der Waals surface area contributed by atoms with Crippen LogP contribution >= 0.6 is 15.9 Å². The van der Waals surface area contributed by atoms with Crippen LogP contribution in [-0.2, 0) is 5.60 Å². The number of aryl methyl sites for hydroxylation is 1. The van der Waals surface area contributed by atoms with Crippen molar-refractivity contribution >= 4 is 26.8 Å². The van der Waals surface area contributed by atoms with Crippen molar-refractivity contribution in [1.29, 1.82) is 0 Å². The Kier molecular flexibility index (Phi) is 8.55. The number of aromatic nitrogens is 2. The third kappa shape index (κ3) is 5.48. The highest BCUT2D eigenvalue weighted by atomic mass is 79.9. The predicted octanol–water partition coefficient (Wildman–Crippen LogP) is 5.70. The van der Waals surface area contributed by atoms with Gasteiger partial charge in [-0.05, 0) is 63.3 Å². The first-order chi connectivity index (χ1) is 18.2. The predicted molar refractivity (Wildman–Crippen MR) is 153 cm³/mol. The van der Waals surface area contributed by atoms with Gasteiger partial charge in [0, 0.05) is 45.5 Å². The first-order valence-corrected chi connectivity index (χ1v) is 13.2.